The van der Waals surface area contributed by atoms with E-state index in [1.54, 1.807) is 11.8 Å². The summed E-state index contributed by atoms with van der Waals surface area (Å²) < 4.78 is 5.69. The zero-order valence-corrected chi connectivity index (χ0v) is 16.2. The molecule has 2 amide bonds. The second-order valence-electron chi connectivity index (χ2n) is 8.16. The smallest absolute Gasteiger partial charge is 0.267 e. The Morgan fingerprint density at radius 2 is 1.89 bits per heavy atom. The topological polar surface area (TPSA) is 49.9 Å². The predicted molar refractivity (Wildman–Crippen MR) is 105 cm³/mol. The summed E-state index contributed by atoms with van der Waals surface area (Å²) in [6.07, 6.45) is 8.62. The summed E-state index contributed by atoms with van der Waals surface area (Å²) in [6, 6.07) is 8.00. The molecule has 0 radical (unpaired) electrons. The highest BCUT2D eigenvalue weighted by atomic mass is 16.5. The number of benzene rings is 1. The summed E-state index contributed by atoms with van der Waals surface area (Å²) in [5.74, 6) is 1.54. The van der Waals surface area contributed by atoms with Crippen LogP contribution in [0.1, 0.15) is 58.3 Å². The molecule has 5 heteroatoms. The molecule has 0 N–H and O–H groups in total. The molecule has 0 aromatic heterocycles. The van der Waals surface area contributed by atoms with E-state index in [-0.39, 0.29) is 11.8 Å². The largest absolute Gasteiger partial charge is 0.479 e. The molecular formula is C22H30N2O3. The molecule has 1 saturated heterocycles. The molecule has 1 saturated carbocycles. The van der Waals surface area contributed by atoms with Crippen LogP contribution in [0, 0.1) is 5.92 Å². The van der Waals surface area contributed by atoms with Crippen molar-refractivity contribution >= 4 is 17.5 Å². The van der Waals surface area contributed by atoms with Crippen molar-refractivity contribution in [3.8, 4) is 5.75 Å². The molecule has 146 valence electrons. The van der Waals surface area contributed by atoms with E-state index in [4.69, 9.17) is 4.74 Å². The van der Waals surface area contributed by atoms with Crippen LogP contribution >= 0.6 is 0 Å². The standard InChI is InChI=1S/C22H30N2O3/c1-16-22(26)24(19-10-5-6-12-20(19)27-16)15-13-21(25)23-14-7-11-18(23)17-8-3-2-4-9-17/h5-6,10,12,16-18H,2-4,7-9,11,13-15H2,1H3/t16-,18+/m1/s1. The fourth-order valence-electron chi connectivity index (χ4n) is 5.05. The molecule has 0 unspecified atom stereocenters. The average Bonchev–Trinajstić information content (AvgIpc) is 3.19. The third-order valence-electron chi connectivity index (χ3n) is 6.44. The molecule has 2 aliphatic heterocycles. The first-order valence-corrected chi connectivity index (χ1v) is 10.5. The van der Waals surface area contributed by atoms with Gasteiger partial charge in [-0.25, -0.2) is 0 Å². The van der Waals surface area contributed by atoms with E-state index in [1.165, 1.54) is 32.1 Å². The quantitative estimate of drug-likeness (QED) is 0.811. The third-order valence-corrected chi connectivity index (χ3v) is 6.44. The van der Waals surface area contributed by atoms with Gasteiger partial charge in [0.05, 0.1) is 5.69 Å². The molecule has 0 bridgehead atoms. The van der Waals surface area contributed by atoms with E-state index in [0.29, 0.717) is 24.9 Å². The molecule has 3 aliphatic rings. The van der Waals surface area contributed by atoms with Gasteiger partial charge in [-0.2, -0.15) is 0 Å². The maximum absolute atomic E-state index is 13.0. The van der Waals surface area contributed by atoms with Gasteiger partial charge >= 0.3 is 0 Å². The van der Waals surface area contributed by atoms with Crippen molar-refractivity contribution in [3.05, 3.63) is 24.3 Å². The number of carbonyl (C=O) groups excluding carboxylic acids is 2. The van der Waals surface area contributed by atoms with Crippen LogP contribution in [0.15, 0.2) is 24.3 Å². The van der Waals surface area contributed by atoms with Crippen molar-refractivity contribution in [2.75, 3.05) is 18.0 Å². The fourth-order valence-corrected chi connectivity index (χ4v) is 5.05. The van der Waals surface area contributed by atoms with Crippen LogP contribution in [0.5, 0.6) is 5.75 Å². The molecule has 1 aromatic rings. The molecule has 27 heavy (non-hydrogen) atoms. The average molecular weight is 370 g/mol. The Kier molecular flexibility index (Phi) is 5.37. The fraction of sp³-hybridized carbons (Fsp3) is 0.636. The van der Waals surface area contributed by atoms with Crippen molar-refractivity contribution in [2.45, 2.75) is 70.4 Å². The van der Waals surface area contributed by atoms with Gasteiger partial charge in [0.15, 0.2) is 6.10 Å². The highest BCUT2D eigenvalue weighted by molar-refractivity contribution is 6.00. The lowest BCUT2D eigenvalue weighted by molar-refractivity contribution is -0.133. The van der Waals surface area contributed by atoms with E-state index < -0.39 is 6.10 Å². The van der Waals surface area contributed by atoms with Crippen molar-refractivity contribution in [3.63, 3.8) is 0 Å². The van der Waals surface area contributed by atoms with Crippen LogP contribution in [0.4, 0.5) is 5.69 Å². The summed E-state index contributed by atoms with van der Waals surface area (Å²) in [4.78, 5) is 29.5. The number of fused-ring (bicyclic) bond motifs is 1. The minimum atomic E-state index is -0.503. The Hall–Kier alpha value is -2.04. The summed E-state index contributed by atoms with van der Waals surface area (Å²) in [5.41, 5.74) is 0.777. The highest BCUT2D eigenvalue weighted by Crippen LogP contribution is 2.36. The number of amides is 2. The molecular weight excluding hydrogens is 340 g/mol. The van der Waals surface area contributed by atoms with Crippen molar-refractivity contribution < 1.29 is 14.3 Å². The molecule has 1 aromatic carbocycles. The first-order valence-electron chi connectivity index (χ1n) is 10.5. The van der Waals surface area contributed by atoms with Gasteiger partial charge in [-0.1, -0.05) is 31.4 Å². The number of rotatable bonds is 4. The predicted octanol–water partition coefficient (Wildman–Crippen LogP) is 3.76. The summed E-state index contributed by atoms with van der Waals surface area (Å²) in [5, 5.41) is 0. The van der Waals surface area contributed by atoms with Gasteiger partial charge in [0.1, 0.15) is 5.75 Å². The molecule has 5 nitrogen and oxygen atoms in total. The molecule has 2 atom stereocenters. The van der Waals surface area contributed by atoms with Crippen LogP contribution in [0.3, 0.4) is 0 Å². The van der Waals surface area contributed by atoms with Gasteiger partial charge in [0.25, 0.3) is 5.91 Å². The first-order chi connectivity index (χ1) is 13.1. The van der Waals surface area contributed by atoms with Crippen LogP contribution in [0.25, 0.3) is 0 Å². The van der Waals surface area contributed by atoms with Crippen molar-refractivity contribution in [1.82, 2.24) is 4.90 Å². The number of hydrogen-bond acceptors (Lipinski definition) is 3. The number of para-hydroxylation sites is 2. The van der Waals surface area contributed by atoms with Crippen LogP contribution in [-0.4, -0.2) is 41.9 Å². The highest BCUT2D eigenvalue weighted by Gasteiger charge is 2.36. The Bertz CT molecular complexity index is 699. The Labute approximate surface area is 161 Å². The minimum absolute atomic E-state index is 0.0632. The third kappa shape index (κ3) is 3.69. The number of ether oxygens (including phenoxy) is 1. The Balaban J connectivity index is 1.42. The van der Waals surface area contributed by atoms with E-state index >= 15 is 0 Å². The second-order valence-corrected chi connectivity index (χ2v) is 8.16. The first kappa shape index (κ1) is 18.3. The Morgan fingerprint density at radius 3 is 2.70 bits per heavy atom. The van der Waals surface area contributed by atoms with E-state index in [0.717, 1.165) is 30.8 Å². The lowest BCUT2D eigenvalue weighted by Crippen LogP contribution is -2.47. The summed E-state index contributed by atoms with van der Waals surface area (Å²) >= 11 is 0. The van der Waals surface area contributed by atoms with Crippen LogP contribution in [-0.2, 0) is 9.59 Å². The number of likely N-dealkylation sites (tertiary alicyclic amines) is 1. The SMILES string of the molecule is C[C@H]1Oc2ccccc2N(CCC(=O)N2CCC[C@H]2C2CCCCC2)C1=O. The molecule has 2 heterocycles. The van der Waals surface area contributed by atoms with Crippen LogP contribution in [0.2, 0.25) is 0 Å². The lowest BCUT2D eigenvalue weighted by atomic mass is 9.83. The van der Waals surface area contributed by atoms with Gasteiger partial charge in [-0.15, -0.1) is 0 Å². The van der Waals surface area contributed by atoms with E-state index in [2.05, 4.69) is 4.90 Å². The lowest BCUT2D eigenvalue weighted by Gasteiger charge is -2.35. The second kappa shape index (κ2) is 7.91. The van der Waals surface area contributed by atoms with Gasteiger partial charge in [-0.3, -0.25) is 9.59 Å². The molecule has 2 fully saturated rings. The number of carbonyl (C=O) groups is 2. The van der Waals surface area contributed by atoms with Crippen LogP contribution < -0.4 is 9.64 Å². The van der Waals surface area contributed by atoms with Crippen molar-refractivity contribution in [1.29, 1.82) is 0 Å². The molecule has 1 aliphatic carbocycles. The monoisotopic (exact) mass is 370 g/mol. The van der Waals surface area contributed by atoms with Gasteiger partial charge in [-0.05, 0) is 50.7 Å². The zero-order valence-electron chi connectivity index (χ0n) is 16.2. The number of anilines is 1. The zero-order chi connectivity index (χ0) is 18.8. The number of hydrogen-bond donors (Lipinski definition) is 0. The molecule has 4 rings (SSSR count). The summed E-state index contributed by atoms with van der Waals surface area (Å²) in [6.45, 7) is 3.08. The number of nitrogens with zero attached hydrogens (tertiary/aromatic N) is 2. The maximum atomic E-state index is 13.0. The van der Waals surface area contributed by atoms with E-state index in [9.17, 15) is 9.59 Å². The maximum Gasteiger partial charge on any atom is 0.267 e. The van der Waals surface area contributed by atoms with Crippen molar-refractivity contribution in [2.24, 2.45) is 5.92 Å². The minimum Gasteiger partial charge on any atom is -0.479 e. The normalized spacial score (nSPS) is 26.0. The molecule has 0 spiro atoms. The van der Waals surface area contributed by atoms with Gasteiger partial charge < -0.3 is 14.5 Å². The van der Waals surface area contributed by atoms with Gasteiger partial charge in [0, 0.05) is 25.6 Å². The van der Waals surface area contributed by atoms with E-state index in [1.807, 2.05) is 24.3 Å². The van der Waals surface area contributed by atoms with Gasteiger partial charge in [0.2, 0.25) is 5.91 Å². The summed E-state index contributed by atoms with van der Waals surface area (Å²) in [7, 11) is 0. The Morgan fingerprint density at radius 1 is 1.11 bits per heavy atom.